The van der Waals surface area contributed by atoms with Crippen LogP contribution in [-0.4, -0.2) is 45.1 Å². The molecule has 0 spiro atoms. The molecule has 0 unspecified atom stereocenters. The second-order valence-electron chi connectivity index (χ2n) is 9.37. The van der Waals surface area contributed by atoms with Crippen LogP contribution >= 0.6 is 0 Å². The molecule has 7 heteroatoms. The zero-order valence-corrected chi connectivity index (χ0v) is 22.0. The Bertz CT molecular complexity index is 1420. The molecule has 0 aliphatic carbocycles. The molecule has 1 fully saturated rings. The van der Waals surface area contributed by atoms with E-state index in [0.29, 0.717) is 23.4 Å². The van der Waals surface area contributed by atoms with Crippen molar-refractivity contribution in [2.24, 2.45) is 0 Å². The highest BCUT2D eigenvalue weighted by molar-refractivity contribution is 6.06. The standard InChI is InChI=1S/C32H32N4O3/c1-39-30-15-9-8-14-29(30)36-20-18-35(19-21-36)28-17-16-26(34-31(37)25-12-6-3-7-13-25)22-27(28)32(38)33-23-24-10-4-2-5-11-24/h2-17,22H,18-21,23H2,1H3,(H,33,38)(H,34,37). The van der Waals surface area contributed by atoms with E-state index in [1.54, 1.807) is 25.3 Å². The lowest BCUT2D eigenvalue weighted by Crippen LogP contribution is -2.47. The summed E-state index contributed by atoms with van der Waals surface area (Å²) in [5, 5.41) is 5.99. The van der Waals surface area contributed by atoms with E-state index in [9.17, 15) is 9.59 Å². The molecule has 4 aromatic rings. The molecule has 0 radical (unpaired) electrons. The van der Waals surface area contributed by atoms with E-state index in [4.69, 9.17) is 4.74 Å². The van der Waals surface area contributed by atoms with Gasteiger partial charge in [0.05, 0.1) is 18.4 Å². The molecule has 0 aromatic heterocycles. The minimum Gasteiger partial charge on any atom is -0.495 e. The van der Waals surface area contributed by atoms with Gasteiger partial charge in [0.15, 0.2) is 0 Å². The normalized spacial score (nSPS) is 13.1. The molecule has 1 saturated heterocycles. The first-order valence-electron chi connectivity index (χ1n) is 13.1. The van der Waals surface area contributed by atoms with Crippen molar-refractivity contribution in [1.82, 2.24) is 5.32 Å². The van der Waals surface area contributed by atoms with Crippen molar-refractivity contribution in [3.8, 4) is 5.75 Å². The van der Waals surface area contributed by atoms with Gasteiger partial charge in [-0.1, -0.05) is 60.7 Å². The summed E-state index contributed by atoms with van der Waals surface area (Å²) >= 11 is 0. The summed E-state index contributed by atoms with van der Waals surface area (Å²) < 4.78 is 5.56. The summed E-state index contributed by atoms with van der Waals surface area (Å²) in [6.45, 7) is 3.48. The van der Waals surface area contributed by atoms with Crippen molar-refractivity contribution < 1.29 is 14.3 Å². The van der Waals surface area contributed by atoms with Gasteiger partial charge in [-0.2, -0.15) is 0 Å². The monoisotopic (exact) mass is 520 g/mol. The van der Waals surface area contributed by atoms with Crippen molar-refractivity contribution >= 4 is 28.9 Å². The van der Waals surface area contributed by atoms with Crippen molar-refractivity contribution in [2.45, 2.75) is 6.54 Å². The van der Waals surface area contributed by atoms with Crippen LogP contribution in [0, 0.1) is 0 Å². The Kier molecular flexibility index (Phi) is 8.07. The number of nitrogens with zero attached hydrogens (tertiary/aromatic N) is 2. The number of nitrogens with one attached hydrogen (secondary N) is 2. The Balaban J connectivity index is 1.36. The number of para-hydroxylation sites is 2. The third-order valence-corrected chi connectivity index (χ3v) is 6.88. The number of piperazine rings is 1. The highest BCUT2D eigenvalue weighted by atomic mass is 16.5. The average molecular weight is 521 g/mol. The van der Waals surface area contributed by atoms with Crippen LogP contribution in [0.25, 0.3) is 0 Å². The molecule has 1 heterocycles. The highest BCUT2D eigenvalue weighted by Crippen LogP contribution is 2.31. The number of anilines is 3. The Morgan fingerprint density at radius 3 is 2.03 bits per heavy atom. The maximum Gasteiger partial charge on any atom is 0.255 e. The second-order valence-corrected chi connectivity index (χ2v) is 9.37. The largest absolute Gasteiger partial charge is 0.495 e. The number of amides is 2. The molecular formula is C32H32N4O3. The molecule has 4 aromatic carbocycles. The van der Waals surface area contributed by atoms with Gasteiger partial charge in [0, 0.05) is 49.7 Å². The predicted octanol–water partition coefficient (Wildman–Crippen LogP) is 5.20. The van der Waals surface area contributed by atoms with E-state index in [1.807, 2.05) is 78.9 Å². The SMILES string of the molecule is COc1ccccc1N1CCN(c2ccc(NC(=O)c3ccccc3)cc2C(=O)NCc2ccccc2)CC1. The van der Waals surface area contributed by atoms with Gasteiger partial charge in [-0.25, -0.2) is 0 Å². The van der Waals surface area contributed by atoms with Crippen LogP contribution in [0.4, 0.5) is 17.1 Å². The molecule has 7 nitrogen and oxygen atoms in total. The van der Waals surface area contributed by atoms with Gasteiger partial charge in [0.25, 0.3) is 11.8 Å². The molecule has 5 rings (SSSR count). The zero-order valence-electron chi connectivity index (χ0n) is 22.0. The van der Waals surface area contributed by atoms with Crippen LogP contribution < -0.4 is 25.2 Å². The average Bonchev–Trinajstić information content (AvgIpc) is 3.01. The number of ether oxygens (including phenoxy) is 1. The van der Waals surface area contributed by atoms with Gasteiger partial charge < -0.3 is 25.2 Å². The maximum atomic E-state index is 13.5. The van der Waals surface area contributed by atoms with E-state index in [1.165, 1.54) is 0 Å². The Morgan fingerprint density at radius 2 is 1.33 bits per heavy atom. The van der Waals surface area contributed by atoms with Gasteiger partial charge in [-0.15, -0.1) is 0 Å². The van der Waals surface area contributed by atoms with Gasteiger partial charge in [-0.3, -0.25) is 9.59 Å². The zero-order chi connectivity index (χ0) is 27.0. The number of rotatable bonds is 8. The fourth-order valence-corrected chi connectivity index (χ4v) is 4.82. The fourth-order valence-electron chi connectivity index (χ4n) is 4.82. The molecule has 198 valence electrons. The summed E-state index contributed by atoms with van der Waals surface area (Å²) in [6, 6.07) is 32.4. The second kappa shape index (κ2) is 12.2. The van der Waals surface area contributed by atoms with E-state index in [-0.39, 0.29) is 11.8 Å². The first-order chi connectivity index (χ1) is 19.1. The van der Waals surface area contributed by atoms with Crippen LogP contribution in [0.15, 0.2) is 103 Å². The Hall–Kier alpha value is -4.78. The van der Waals surface area contributed by atoms with Crippen LogP contribution in [0.3, 0.4) is 0 Å². The quantitative estimate of drug-likeness (QED) is 0.334. The first kappa shape index (κ1) is 25.9. The summed E-state index contributed by atoms with van der Waals surface area (Å²) in [5.41, 5.74) is 4.60. The minimum atomic E-state index is -0.218. The van der Waals surface area contributed by atoms with Gasteiger partial charge in [0.1, 0.15) is 5.75 Å². The summed E-state index contributed by atoms with van der Waals surface area (Å²) in [7, 11) is 1.69. The molecule has 2 N–H and O–H groups in total. The maximum absolute atomic E-state index is 13.5. The van der Waals surface area contributed by atoms with E-state index in [2.05, 4.69) is 26.5 Å². The van der Waals surface area contributed by atoms with E-state index in [0.717, 1.165) is 48.9 Å². The molecule has 39 heavy (non-hydrogen) atoms. The number of carbonyl (C=O) groups excluding carboxylic acids is 2. The van der Waals surface area contributed by atoms with Crippen LogP contribution in [0.2, 0.25) is 0 Å². The van der Waals surface area contributed by atoms with Crippen molar-refractivity contribution in [1.29, 1.82) is 0 Å². The van der Waals surface area contributed by atoms with Gasteiger partial charge >= 0.3 is 0 Å². The lowest BCUT2D eigenvalue weighted by Gasteiger charge is -2.38. The molecular weight excluding hydrogens is 488 g/mol. The number of hydrogen-bond donors (Lipinski definition) is 2. The number of benzene rings is 4. The Labute approximate surface area is 229 Å². The van der Waals surface area contributed by atoms with Crippen molar-refractivity contribution in [2.75, 3.05) is 48.4 Å². The third kappa shape index (κ3) is 6.21. The fraction of sp³-hybridized carbons (Fsp3) is 0.188. The molecule has 0 bridgehead atoms. The number of methoxy groups -OCH3 is 1. The minimum absolute atomic E-state index is 0.183. The van der Waals surface area contributed by atoms with Crippen molar-refractivity contribution in [3.05, 3.63) is 120 Å². The van der Waals surface area contributed by atoms with Crippen LogP contribution in [0.5, 0.6) is 5.75 Å². The van der Waals surface area contributed by atoms with E-state index < -0.39 is 0 Å². The van der Waals surface area contributed by atoms with E-state index >= 15 is 0 Å². The first-order valence-corrected chi connectivity index (χ1v) is 13.1. The topological polar surface area (TPSA) is 73.9 Å². The molecule has 1 aliphatic rings. The molecule has 0 atom stereocenters. The molecule has 1 aliphatic heterocycles. The highest BCUT2D eigenvalue weighted by Gasteiger charge is 2.24. The van der Waals surface area contributed by atoms with Gasteiger partial charge in [0.2, 0.25) is 0 Å². The van der Waals surface area contributed by atoms with Crippen LogP contribution in [-0.2, 0) is 6.54 Å². The molecule has 0 saturated carbocycles. The number of carbonyl (C=O) groups is 2. The molecule has 2 amide bonds. The smallest absolute Gasteiger partial charge is 0.255 e. The summed E-state index contributed by atoms with van der Waals surface area (Å²) in [6.07, 6.45) is 0. The third-order valence-electron chi connectivity index (χ3n) is 6.88. The Morgan fingerprint density at radius 1 is 0.718 bits per heavy atom. The van der Waals surface area contributed by atoms with Gasteiger partial charge in [-0.05, 0) is 48.0 Å². The van der Waals surface area contributed by atoms with Crippen LogP contribution in [0.1, 0.15) is 26.3 Å². The summed E-state index contributed by atoms with van der Waals surface area (Å²) in [4.78, 5) is 30.8. The lowest BCUT2D eigenvalue weighted by molar-refractivity contribution is 0.0950. The van der Waals surface area contributed by atoms with Crippen molar-refractivity contribution in [3.63, 3.8) is 0 Å². The summed E-state index contributed by atoms with van der Waals surface area (Å²) in [5.74, 6) is 0.451. The number of hydrogen-bond acceptors (Lipinski definition) is 5. The lowest BCUT2D eigenvalue weighted by atomic mass is 10.1. The predicted molar refractivity (Wildman–Crippen MR) is 156 cm³/mol.